The van der Waals surface area contributed by atoms with E-state index in [-0.39, 0.29) is 5.41 Å². The van der Waals surface area contributed by atoms with Crippen LogP contribution in [0.25, 0.3) is 71.9 Å². The Hall–Kier alpha value is -5.47. The predicted octanol–water partition coefficient (Wildman–Crippen LogP) is 11.3. The van der Waals surface area contributed by atoms with Crippen molar-refractivity contribution in [1.29, 1.82) is 0 Å². The zero-order valence-corrected chi connectivity index (χ0v) is 25.7. The number of hydrogen-bond donors (Lipinski definition) is 0. The summed E-state index contributed by atoms with van der Waals surface area (Å²) in [4.78, 5) is 5.34. The van der Waals surface area contributed by atoms with Gasteiger partial charge in [0.05, 0.1) is 11.0 Å². The Bertz CT molecular complexity index is 2460. The molecular weight excluding hydrogens is 544 g/mol. The normalized spacial score (nSPS) is 13.4. The molecule has 0 radical (unpaired) electrons. The highest BCUT2D eigenvalue weighted by Gasteiger charge is 2.35. The number of nitrogens with zero attached hydrogens (tertiary/aromatic N) is 2. The summed E-state index contributed by atoms with van der Waals surface area (Å²) < 4.78 is 2.32. The van der Waals surface area contributed by atoms with Crippen LogP contribution in [0.1, 0.15) is 30.5 Å². The zero-order chi connectivity index (χ0) is 30.3. The van der Waals surface area contributed by atoms with Crippen molar-refractivity contribution in [2.24, 2.45) is 0 Å². The minimum absolute atomic E-state index is 0.0223. The van der Waals surface area contributed by atoms with Crippen LogP contribution in [0.15, 0.2) is 140 Å². The molecule has 214 valence electrons. The van der Waals surface area contributed by atoms with Gasteiger partial charge in [-0.15, -0.1) is 0 Å². The van der Waals surface area contributed by atoms with E-state index in [1.54, 1.807) is 0 Å². The molecule has 1 aliphatic rings. The number of imidazole rings is 1. The van der Waals surface area contributed by atoms with Gasteiger partial charge in [-0.2, -0.15) is 0 Å². The topological polar surface area (TPSA) is 17.8 Å². The number of benzene rings is 7. The van der Waals surface area contributed by atoms with Crippen LogP contribution in [0, 0.1) is 6.92 Å². The fourth-order valence-corrected chi connectivity index (χ4v) is 7.75. The lowest BCUT2D eigenvalue weighted by Gasteiger charge is -2.22. The van der Waals surface area contributed by atoms with E-state index in [2.05, 4.69) is 165 Å². The molecule has 1 aliphatic carbocycles. The summed E-state index contributed by atoms with van der Waals surface area (Å²) in [5.74, 6) is 0.962. The molecule has 0 amide bonds. The van der Waals surface area contributed by atoms with Crippen LogP contribution in [-0.4, -0.2) is 9.55 Å². The van der Waals surface area contributed by atoms with Crippen molar-refractivity contribution >= 4 is 32.6 Å². The number of para-hydroxylation sites is 3. The fourth-order valence-electron chi connectivity index (χ4n) is 7.75. The molecule has 1 heterocycles. The highest BCUT2D eigenvalue weighted by atomic mass is 15.1. The fraction of sp³-hybridized carbons (Fsp3) is 0.0930. The molecule has 0 unspecified atom stereocenters. The first-order valence-electron chi connectivity index (χ1n) is 15.7. The van der Waals surface area contributed by atoms with E-state index in [1.807, 2.05) is 0 Å². The minimum Gasteiger partial charge on any atom is -0.292 e. The molecule has 0 N–H and O–H groups in total. The van der Waals surface area contributed by atoms with Gasteiger partial charge < -0.3 is 0 Å². The van der Waals surface area contributed by atoms with Crippen molar-refractivity contribution in [3.63, 3.8) is 0 Å². The van der Waals surface area contributed by atoms with Crippen molar-refractivity contribution < 1.29 is 0 Å². The maximum atomic E-state index is 5.34. The largest absolute Gasteiger partial charge is 0.292 e. The number of hydrogen-bond acceptors (Lipinski definition) is 1. The summed E-state index contributed by atoms with van der Waals surface area (Å²) in [6, 6.07) is 50.9. The van der Waals surface area contributed by atoms with E-state index < -0.39 is 0 Å². The number of fused-ring (bicyclic) bond motifs is 6. The average molecular weight is 577 g/mol. The summed E-state index contributed by atoms with van der Waals surface area (Å²) in [6.07, 6.45) is 0. The summed E-state index contributed by atoms with van der Waals surface area (Å²) in [5, 5.41) is 4.91. The van der Waals surface area contributed by atoms with Gasteiger partial charge in [0.25, 0.3) is 0 Å². The molecule has 0 atom stereocenters. The Morgan fingerprint density at radius 3 is 2.04 bits per heavy atom. The average Bonchev–Trinajstić information content (AvgIpc) is 3.56. The SMILES string of the molecule is Cc1ccc2c(-c3nc4ccccc4n3-c3ccccc3)c3ccccc3c(-c3ccc4c(c3)-c3ccccc3C4(C)C)c2c1. The lowest BCUT2D eigenvalue weighted by Crippen LogP contribution is -2.14. The predicted molar refractivity (Wildman–Crippen MR) is 189 cm³/mol. The Morgan fingerprint density at radius 1 is 0.533 bits per heavy atom. The van der Waals surface area contributed by atoms with Crippen LogP contribution < -0.4 is 0 Å². The van der Waals surface area contributed by atoms with E-state index in [9.17, 15) is 0 Å². The molecule has 2 heteroatoms. The Morgan fingerprint density at radius 2 is 1.20 bits per heavy atom. The molecule has 0 saturated heterocycles. The van der Waals surface area contributed by atoms with Gasteiger partial charge >= 0.3 is 0 Å². The molecule has 1 aromatic heterocycles. The van der Waals surface area contributed by atoms with Gasteiger partial charge in [0.2, 0.25) is 0 Å². The van der Waals surface area contributed by atoms with Crippen LogP contribution in [0.2, 0.25) is 0 Å². The van der Waals surface area contributed by atoms with Crippen molar-refractivity contribution in [2.75, 3.05) is 0 Å². The first-order valence-corrected chi connectivity index (χ1v) is 15.7. The maximum Gasteiger partial charge on any atom is 0.146 e. The van der Waals surface area contributed by atoms with Crippen molar-refractivity contribution in [3.05, 3.63) is 156 Å². The smallest absolute Gasteiger partial charge is 0.146 e. The van der Waals surface area contributed by atoms with Crippen molar-refractivity contribution in [2.45, 2.75) is 26.2 Å². The Labute approximate surface area is 263 Å². The monoisotopic (exact) mass is 576 g/mol. The van der Waals surface area contributed by atoms with E-state index >= 15 is 0 Å². The van der Waals surface area contributed by atoms with E-state index in [1.165, 1.54) is 60.5 Å². The lowest BCUT2D eigenvalue weighted by atomic mass is 9.81. The third-order valence-electron chi connectivity index (χ3n) is 9.85. The Kier molecular flexibility index (Phi) is 5.49. The highest BCUT2D eigenvalue weighted by molar-refractivity contribution is 6.21. The Balaban J connectivity index is 1.40. The molecule has 45 heavy (non-hydrogen) atoms. The molecular formula is C43H32N2. The van der Waals surface area contributed by atoms with Crippen LogP contribution >= 0.6 is 0 Å². The summed E-state index contributed by atoms with van der Waals surface area (Å²) >= 11 is 0. The molecule has 0 bridgehead atoms. The maximum absolute atomic E-state index is 5.34. The van der Waals surface area contributed by atoms with Gasteiger partial charge in [-0.25, -0.2) is 4.98 Å². The number of rotatable bonds is 3. The third-order valence-corrected chi connectivity index (χ3v) is 9.85. The van der Waals surface area contributed by atoms with Crippen LogP contribution in [-0.2, 0) is 5.41 Å². The van der Waals surface area contributed by atoms with Crippen molar-refractivity contribution in [3.8, 4) is 39.3 Å². The second-order valence-corrected chi connectivity index (χ2v) is 12.9. The van der Waals surface area contributed by atoms with Crippen LogP contribution in [0.3, 0.4) is 0 Å². The summed E-state index contributed by atoms with van der Waals surface area (Å²) in [6.45, 7) is 6.89. The van der Waals surface area contributed by atoms with Gasteiger partial charge in [0.15, 0.2) is 0 Å². The molecule has 9 rings (SSSR count). The summed E-state index contributed by atoms with van der Waals surface area (Å²) in [5.41, 5.74) is 13.6. The van der Waals surface area contributed by atoms with Gasteiger partial charge in [-0.3, -0.25) is 4.57 Å². The first-order chi connectivity index (χ1) is 22.0. The van der Waals surface area contributed by atoms with Crippen molar-refractivity contribution in [1.82, 2.24) is 9.55 Å². The van der Waals surface area contributed by atoms with Crippen LogP contribution in [0.4, 0.5) is 0 Å². The second kappa shape index (κ2) is 9.51. The second-order valence-electron chi connectivity index (χ2n) is 12.9. The van der Waals surface area contributed by atoms with E-state index in [4.69, 9.17) is 4.98 Å². The standard InChI is InChI=1S/C43H32N2/c1-27-21-23-33-35(25-27)40(28-22-24-37-34(26-28)30-15-9-10-18-36(30)43(37,2)3)31-16-7-8-17-32(31)41(33)42-44-38-19-11-12-20-39(38)45(42)29-13-5-4-6-14-29/h4-26H,1-3H3. The molecule has 2 nitrogen and oxygen atoms in total. The molecule has 0 aliphatic heterocycles. The number of aryl methyl sites for hydroxylation is 1. The molecule has 0 saturated carbocycles. The van der Waals surface area contributed by atoms with Gasteiger partial charge in [0, 0.05) is 16.7 Å². The summed E-state index contributed by atoms with van der Waals surface area (Å²) in [7, 11) is 0. The van der Waals surface area contributed by atoms with E-state index in [0.717, 1.165) is 28.1 Å². The highest BCUT2D eigenvalue weighted by Crippen LogP contribution is 2.51. The van der Waals surface area contributed by atoms with Gasteiger partial charge in [-0.05, 0) is 92.2 Å². The molecule has 0 fully saturated rings. The lowest BCUT2D eigenvalue weighted by molar-refractivity contribution is 0.660. The zero-order valence-electron chi connectivity index (χ0n) is 25.7. The first kappa shape index (κ1) is 26.0. The van der Waals surface area contributed by atoms with Gasteiger partial charge in [-0.1, -0.05) is 129 Å². The minimum atomic E-state index is -0.0223. The van der Waals surface area contributed by atoms with Gasteiger partial charge in [0.1, 0.15) is 5.82 Å². The molecule has 7 aromatic carbocycles. The number of aromatic nitrogens is 2. The molecule has 8 aromatic rings. The quantitative estimate of drug-likeness (QED) is 0.191. The van der Waals surface area contributed by atoms with E-state index in [0.29, 0.717) is 0 Å². The molecule has 0 spiro atoms. The third kappa shape index (κ3) is 3.72. The van der Waals surface area contributed by atoms with Crippen LogP contribution in [0.5, 0.6) is 0 Å².